The Balaban J connectivity index is 1.47. The van der Waals surface area contributed by atoms with E-state index < -0.39 is 5.97 Å². The predicted octanol–water partition coefficient (Wildman–Crippen LogP) is 2.90. The number of carbonyl (C=O) groups excluding carboxylic acids is 3. The van der Waals surface area contributed by atoms with Crippen molar-refractivity contribution in [1.82, 2.24) is 15.1 Å². The van der Waals surface area contributed by atoms with Crippen molar-refractivity contribution in [3.8, 4) is 0 Å². The number of aromatic nitrogens is 2. The Hall–Kier alpha value is -3.20. The van der Waals surface area contributed by atoms with E-state index in [1.165, 1.54) is 18.4 Å². The van der Waals surface area contributed by atoms with Gasteiger partial charge in [-0.05, 0) is 42.5 Å². The molecule has 1 fully saturated rings. The summed E-state index contributed by atoms with van der Waals surface area (Å²) >= 11 is 1.41. The number of fused-ring (bicyclic) bond motifs is 1. The largest absolute Gasteiger partial charge is 0.464 e. The average molecular weight is 412 g/mol. The second kappa shape index (κ2) is 8.04. The van der Waals surface area contributed by atoms with Crippen molar-refractivity contribution in [2.24, 2.45) is 5.92 Å². The number of esters is 1. The molecule has 0 saturated carbocycles. The number of aromatic amines is 1. The molecule has 1 aromatic carbocycles. The van der Waals surface area contributed by atoms with Crippen LogP contribution in [0.15, 0.2) is 35.7 Å². The van der Waals surface area contributed by atoms with Gasteiger partial charge < -0.3 is 15.0 Å². The van der Waals surface area contributed by atoms with Crippen LogP contribution in [0.3, 0.4) is 0 Å². The molecule has 8 nitrogen and oxygen atoms in total. The van der Waals surface area contributed by atoms with Gasteiger partial charge >= 0.3 is 5.97 Å². The number of hydrogen-bond acceptors (Lipinski definition) is 6. The highest BCUT2D eigenvalue weighted by atomic mass is 32.1. The van der Waals surface area contributed by atoms with Gasteiger partial charge in [-0.2, -0.15) is 5.10 Å². The van der Waals surface area contributed by atoms with Crippen molar-refractivity contribution < 1.29 is 19.1 Å². The molecule has 1 saturated heterocycles. The van der Waals surface area contributed by atoms with Crippen LogP contribution >= 0.6 is 11.3 Å². The molecule has 29 heavy (non-hydrogen) atoms. The molecular weight excluding hydrogens is 392 g/mol. The molecule has 0 radical (unpaired) electrons. The van der Waals surface area contributed by atoms with Crippen LogP contribution in [-0.2, 0) is 9.53 Å². The summed E-state index contributed by atoms with van der Waals surface area (Å²) in [6, 6.07) is 8.84. The molecule has 0 bridgehead atoms. The third-order valence-electron chi connectivity index (χ3n) is 5.02. The molecule has 1 aliphatic heterocycles. The normalized spacial score (nSPS) is 16.6. The Morgan fingerprint density at radius 1 is 1.31 bits per heavy atom. The number of benzene rings is 1. The zero-order valence-corrected chi connectivity index (χ0v) is 16.6. The number of nitrogens with one attached hydrogen (secondary N) is 2. The molecular formula is C20H20N4O4S. The lowest BCUT2D eigenvalue weighted by molar-refractivity contribution is -0.121. The molecule has 1 aliphatic rings. The Kier molecular flexibility index (Phi) is 5.30. The standard InChI is InChI=1S/C20H20N4O4S/c1-28-20(27)17-14-10-13(6-7-15(14)22-23-17)21-18(25)12-4-2-8-24(11-12)19(26)16-5-3-9-29-16/h3,5-7,9-10,12H,2,4,8,11H2,1H3,(H,21,25)(H,22,23)/t12-/m1/s1. The summed E-state index contributed by atoms with van der Waals surface area (Å²) in [6.07, 6.45) is 1.50. The fourth-order valence-corrected chi connectivity index (χ4v) is 4.21. The smallest absolute Gasteiger partial charge is 0.359 e. The lowest BCUT2D eigenvalue weighted by Gasteiger charge is -2.31. The molecule has 3 aromatic rings. The topological polar surface area (TPSA) is 104 Å². The van der Waals surface area contributed by atoms with Gasteiger partial charge in [0, 0.05) is 24.2 Å². The second-order valence-corrected chi connectivity index (χ2v) is 7.83. The highest BCUT2D eigenvalue weighted by Crippen LogP contribution is 2.24. The Labute approximate surface area is 170 Å². The van der Waals surface area contributed by atoms with E-state index in [-0.39, 0.29) is 23.4 Å². The molecule has 0 aliphatic carbocycles. The van der Waals surface area contributed by atoms with Crippen LogP contribution < -0.4 is 5.32 Å². The van der Waals surface area contributed by atoms with Gasteiger partial charge in [0.1, 0.15) is 0 Å². The van der Waals surface area contributed by atoms with Crippen molar-refractivity contribution in [2.75, 3.05) is 25.5 Å². The number of ether oxygens (including phenoxy) is 1. The van der Waals surface area contributed by atoms with Crippen LogP contribution in [0.1, 0.15) is 33.0 Å². The number of thiophene rings is 1. The molecule has 150 valence electrons. The summed E-state index contributed by atoms with van der Waals surface area (Å²) in [5, 5.41) is 12.1. The van der Waals surface area contributed by atoms with Gasteiger partial charge in [0.05, 0.1) is 23.4 Å². The molecule has 0 unspecified atom stereocenters. The first-order valence-corrected chi connectivity index (χ1v) is 10.1. The first kappa shape index (κ1) is 19.1. The minimum atomic E-state index is -0.547. The number of piperidine rings is 1. The first-order valence-electron chi connectivity index (χ1n) is 9.27. The maximum Gasteiger partial charge on any atom is 0.359 e. The Morgan fingerprint density at radius 2 is 2.17 bits per heavy atom. The summed E-state index contributed by atoms with van der Waals surface area (Å²) in [5.74, 6) is -1.00. The van der Waals surface area contributed by atoms with Gasteiger partial charge in [0.15, 0.2) is 5.69 Å². The summed E-state index contributed by atoms with van der Waals surface area (Å²) in [5.41, 5.74) is 1.41. The molecule has 1 atom stereocenters. The van der Waals surface area contributed by atoms with Crippen LogP contribution in [0.2, 0.25) is 0 Å². The number of amides is 2. The molecule has 2 amide bonds. The Bertz CT molecular complexity index is 1060. The van der Waals surface area contributed by atoms with Gasteiger partial charge in [0.25, 0.3) is 5.91 Å². The van der Waals surface area contributed by atoms with Crippen LogP contribution in [0, 0.1) is 5.92 Å². The molecule has 0 spiro atoms. The highest BCUT2D eigenvalue weighted by molar-refractivity contribution is 7.12. The summed E-state index contributed by atoms with van der Waals surface area (Å²) in [6.45, 7) is 1.05. The van der Waals surface area contributed by atoms with Gasteiger partial charge in [-0.15, -0.1) is 11.3 Å². The predicted molar refractivity (Wildman–Crippen MR) is 109 cm³/mol. The van der Waals surface area contributed by atoms with Crippen molar-refractivity contribution >= 4 is 45.7 Å². The second-order valence-electron chi connectivity index (χ2n) is 6.88. The molecule has 2 aromatic heterocycles. The van der Waals surface area contributed by atoms with Crippen molar-refractivity contribution in [3.63, 3.8) is 0 Å². The van der Waals surface area contributed by atoms with E-state index in [1.807, 2.05) is 11.4 Å². The summed E-state index contributed by atoms with van der Waals surface area (Å²) in [4.78, 5) is 39.7. The van der Waals surface area contributed by atoms with Crippen molar-refractivity contribution in [3.05, 3.63) is 46.3 Å². The van der Waals surface area contributed by atoms with Gasteiger partial charge in [-0.25, -0.2) is 4.79 Å². The highest BCUT2D eigenvalue weighted by Gasteiger charge is 2.29. The maximum absolute atomic E-state index is 12.8. The number of likely N-dealkylation sites (tertiary alicyclic amines) is 1. The van der Waals surface area contributed by atoms with E-state index in [1.54, 1.807) is 29.2 Å². The zero-order chi connectivity index (χ0) is 20.4. The maximum atomic E-state index is 12.8. The third kappa shape index (κ3) is 3.86. The van der Waals surface area contributed by atoms with E-state index in [4.69, 9.17) is 4.74 Å². The lowest BCUT2D eigenvalue weighted by atomic mass is 9.96. The summed E-state index contributed by atoms with van der Waals surface area (Å²) in [7, 11) is 1.29. The average Bonchev–Trinajstić information content (AvgIpc) is 3.42. The molecule has 9 heteroatoms. The lowest BCUT2D eigenvalue weighted by Crippen LogP contribution is -2.43. The van der Waals surface area contributed by atoms with E-state index in [2.05, 4.69) is 15.5 Å². The third-order valence-corrected chi connectivity index (χ3v) is 5.88. The fraction of sp³-hybridized carbons (Fsp3) is 0.300. The molecule has 3 heterocycles. The zero-order valence-electron chi connectivity index (χ0n) is 15.8. The quantitative estimate of drug-likeness (QED) is 0.641. The van der Waals surface area contributed by atoms with Gasteiger partial charge in [-0.1, -0.05) is 6.07 Å². The van der Waals surface area contributed by atoms with Crippen LogP contribution in [0.4, 0.5) is 5.69 Å². The molecule has 2 N–H and O–H groups in total. The Morgan fingerprint density at radius 3 is 2.93 bits per heavy atom. The number of carbonyl (C=O) groups is 3. The van der Waals surface area contributed by atoms with E-state index in [0.29, 0.717) is 34.6 Å². The van der Waals surface area contributed by atoms with Crippen molar-refractivity contribution in [2.45, 2.75) is 12.8 Å². The number of methoxy groups -OCH3 is 1. The first-order chi connectivity index (χ1) is 14.1. The van der Waals surface area contributed by atoms with Gasteiger partial charge in [-0.3, -0.25) is 14.7 Å². The van der Waals surface area contributed by atoms with Crippen LogP contribution in [0.5, 0.6) is 0 Å². The minimum absolute atomic E-state index is 0.0277. The monoisotopic (exact) mass is 412 g/mol. The van der Waals surface area contributed by atoms with Crippen molar-refractivity contribution in [1.29, 1.82) is 0 Å². The number of anilines is 1. The number of nitrogens with zero attached hydrogens (tertiary/aromatic N) is 2. The van der Waals surface area contributed by atoms with Gasteiger partial charge in [0.2, 0.25) is 5.91 Å². The van der Waals surface area contributed by atoms with Crippen LogP contribution in [0.25, 0.3) is 10.9 Å². The number of H-pyrrole nitrogens is 1. The number of rotatable bonds is 4. The fourth-order valence-electron chi connectivity index (χ4n) is 3.52. The van der Waals surface area contributed by atoms with E-state index in [0.717, 1.165) is 12.8 Å². The SMILES string of the molecule is COC(=O)c1n[nH]c2ccc(NC(=O)[C@@H]3CCCN(C(=O)c4cccs4)C3)cc12. The van der Waals surface area contributed by atoms with E-state index >= 15 is 0 Å². The minimum Gasteiger partial charge on any atom is -0.464 e. The number of hydrogen-bond donors (Lipinski definition) is 2. The van der Waals surface area contributed by atoms with E-state index in [9.17, 15) is 14.4 Å². The molecule has 4 rings (SSSR count). The summed E-state index contributed by atoms with van der Waals surface area (Å²) < 4.78 is 4.74. The van der Waals surface area contributed by atoms with Crippen LogP contribution in [-0.4, -0.2) is 53.1 Å².